The van der Waals surface area contributed by atoms with Crippen LogP contribution < -0.4 is 5.32 Å². The lowest BCUT2D eigenvalue weighted by Crippen LogP contribution is -2.50. The lowest BCUT2D eigenvalue weighted by molar-refractivity contribution is 0.142. The zero-order valence-electron chi connectivity index (χ0n) is 17.2. The molecule has 0 aliphatic carbocycles. The second-order valence-corrected chi connectivity index (χ2v) is 7.73. The zero-order valence-corrected chi connectivity index (χ0v) is 19.5. The van der Waals surface area contributed by atoms with Crippen molar-refractivity contribution in [2.45, 2.75) is 72.8 Å². The Hall–Kier alpha value is -0.860. The Morgan fingerprint density at radius 1 is 1.27 bits per heavy atom. The maximum atomic E-state index is 4.90. The molecule has 0 saturated carbocycles. The highest BCUT2D eigenvalue weighted by molar-refractivity contribution is 14.0. The summed E-state index contributed by atoms with van der Waals surface area (Å²) in [4.78, 5) is 7.35. The average molecular weight is 476 g/mol. The lowest BCUT2D eigenvalue weighted by atomic mass is 9.78. The molecule has 1 N–H and O–H groups in total. The highest BCUT2D eigenvalue weighted by atomic mass is 127. The van der Waals surface area contributed by atoms with E-state index in [4.69, 9.17) is 4.99 Å². The van der Waals surface area contributed by atoms with Gasteiger partial charge in [0.25, 0.3) is 0 Å². The molecule has 0 bridgehead atoms. The van der Waals surface area contributed by atoms with E-state index in [1.807, 2.05) is 18.5 Å². The molecule has 1 unspecified atom stereocenters. The topological polar surface area (TPSA) is 58.3 Å². The minimum atomic E-state index is 0. The number of aromatic nitrogens is 3. The molecule has 0 amide bonds. The van der Waals surface area contributed by atoms with Crippen molar-refractivity contribution < 1.29 is 0 Å². The minimum absolute atomic E-state index is 0. The summed E-state index contributed by atoms with van der Waals surface area (Å²) in [5.74, 6) is 2.89. The number of halogens is 1. The summed E-state index contributed by atoms with van der Waals surface area (Å²) < 4.78 is 2.02. The number of aryl methyl sites for hydroxylation is 1. The van der Waals surface area contributed by atoms with Gasteiger partial charge in [-0.25, -0.2) is 4.99 Å². The molecule has 0 spiro atoms. The first kappa shape index (κ1) is 23.2. The van der Waals surface area contributed by atoms with E-state index in [1.165, 1.54) is 38.5 Å². The van der Waals surface area contributed by atoms with Crippen molar-refractivity contribution in [3.8, 4) is 0 Å². The second-order valence-electron chi connectivity index (χ2n) is 7.73. The number of nitrogens with zero attached hydrogens (tertiary/aromatic N) is 5. The first-order valence-corrected chi connectivity index (χ1v) is 9.87. The highest BCUT2D eigenvalue weighted by Gasteiger charge is 2.31. The van der Waals surface area contributed by atoms with Crippen molar-refractivity contribution in [2.24, 2.45) is 17.5 Å². The number of likely N-dealkylation sites (tertiary alicyclic amines) is 1. The van der Waals surface area contributed by atoms with E-state index in [0.29, 0.717) is 12.0 Å². The van der Waals surface area contributed by atoms with Crippen LogP contribution in [0.5, 0.6) is 0 Å². The summed E-state index contributed by atoms with van der Waals surface area (Å²) in [5.41, 5.74) is 0.404. The fraction of sp³-hybridized carbons (Fsp3) is 0.842. The SMILES string of the molecule is CCCCNC(=NCc1nnc(C)n1C)N1CCCC(C)(CCC)C1.I. The maximum Gasteiger partial charge on any atom is 0.194 e. The molecule has 1 saturated heterocycles. The summed E-state index contributed by atoms with van der Waals surface area (Å²) in [5, 5.41) is 12.0. The fourth-order valence-corrected chi connectivity index (χ4v) is 3.68. The number of piperidine rings is 1. The Labute approximate surface area is 176 Å². The van der Waals surface area contributed by atoms with Crippen LogP contribution in [0.15, 0.2) is 4.99 Å². The maximum absolute atomic E-state index is 4.90. The van der Waals surface area contributed by atoms with Gasteiger partial charge in [0.1, 0.15) is 12.4 Å². The largest absolute Gasteiger partial charge is 0.356 e. The number of hydrogen-bond donors (Lipinski definition) is 1. The molecule has 0 radical (unpaired) electrons. The van der Waals surface area contributed by atoms with E-state index in [1.54, 1.807) is 0 Å². The van der Waals surface area contributed by atoms with Crippen LogP contribution in [0.25, 0.3) is 0 Å². The number of unbranched alkanes of at least 4 members (excludes halogenated alkanes) is 1. The van der Waals surface area contributed by atoms with Gasteiger partial charge in [0.2, 0.25) is 0 Å². The smallest absolute Gasteiger partial charge is 0.194 e. The van der Waals surface area contributed by atoms with Gasteiger partial charge in [-0.3, -0.25) is 0 Å². The third-order valence-corrected chi connectivity index (χ3v) is 5.30. The quantitative estimate of drug-likeness (QED) is 0.281. The zero-order chi connectivity index (χ0) is 18.3. The minimum Gasteiger partial charge on any atom is -0.356 e. The molecule has 2 rings (SSSR count). The monoisotopic (exact) mass is 476 g/mol. The summed E-state index contributed by atoms with van der Waals surface area (Å²) in [7, 11) is 2.00. The Morgan fingerprint density at radius 3 is 2.65 bits per heavy atom. The number of aliphatic imine (C=N–C) groups is 1. The van der Waals surface area contributed by atoms with Gasteiger partial charge in [-0.05, 0) is 38.0 Å². The fourth-order valence-electron chi connectivity index (χ4n) is 3.68. The van der Waals surface area contributed by atoms with Crippen LogP contribution in [-0.4, -0.2) is 45.3 Å². The summed E-state index contributed by atoms with van der Waals surface area (Å²) in [6, 6.07) is 0. The number of guanidine groups is 1. The first-order chi connectivity index (χ1) is 12.0. The summed E-state index contributed by atoms with van der Waals surface area (Å²) in [6.45, 7) is 12.7. The molecule has 1 aliphatic heterocycles. The van der Waals surface area contributed by atoms with Gasteiger partial charge in [-0.15, -0.1) is 34.2 Å². The predicted molar refractivity (Wildman–Crippen MR) is 119 cm³/mol. The van der Waals surface area contributed by atoms with Crippen molar-refractivity contribution in [2.75, 3.05) is 19.6 Å². The van der Waals surface area contributed by atoms with Crippen molar-refractivity contribution in [1.29, 1.82) is 0 Å². The van der Waals surface area contributed by atoms with Crippen LogP contribution >= 0.6 is 24.0 Å². The molecule has 1 atom stereocenters. The Morgan fingerprint density at radius 2 is 2.04 bits per heavy atom. The van der Waals surface area contributed by atoms with Crippen LogP contribution in [-0.2, 0) is 13.6 Å². The highest BCUT2D eigenvalue weighted by Crippen LogP contribution is 2.33. The average Bonchev–Trinajstić information content (AvgIpc) is 2.90. The van der Waals surface area contributed by atoms with Crippen LogP contribution in [0.2, 0.25) is 0 Å². The molecule has 150 valence electrons. The van der Waals surface area contributed by atoms with Gasteiger partial charge in [0.15, 0.2) is 11.8 Å². The number of nitrogens with one attached hydrogen (secondary N) is 1. The van der Waals surface area contributed by atoms with Gasteiger partial charge in [-0.1, -0.05) is 33.6 Å². The molecule has 1 fully saturated rings. The van der Waals surface area contributed by atoms with Gasteiger partial charge < -0.3 is 14.8 Å². The van der Waals surface area contributed by atoms with Gasteiger partial charge in [0, 0.05) is 26.7 Å². The van der Waals surface area contributed by atoms with Gasteiger partial charge in [-0.2, -0.15) is 0 Å². The molecule has 1 aliphatic rings. The van der Waals surface area contributed by atoms with Crippen molar-refractivity contribution >= 4 is 29.9 Å². The van der Waals surface area contributed by atoms with Crippen LogP contribution in [0.4, 0.5) is 0 Å². The van der Waals surface area contributed by atoms with Crippen LogP contribution in [0, 0.1) is 12.3 Å². The first-order valence-electron chi connectivity index (χ1n) is 9.87. The Kier molecular flexibility index (Phi) is 9.89. The van der Waals surface area contributed by atoms with E-state index in [9.17, 15) is 0 Å². The molecule has 1 aromatic rings. The molecular formula is C19H37IN6. The summed E-state index contributed by atoms with van der Waals surface area (Å²) >= 11 is 0. The molecule has 7 heteroatoms. The van der Waals surface area contributed by atoms with Crippen LogP contribution in [0.1, 0.15) is 70.9 Å². The lowest BCUT2D eigenvalue weighted by Gasteiger charge is -2.42. The molecular weight excluding hydrogens is 439 g/mol. The number of rotatable bonds is 7. The normalized spacial score (nSPS) is 20.8. The van der Waals surface area contributed by atoms with Crippen molar-refractivity contribution in [3.05, 3.63) is 11.6 Å². The van der Waals surface area contributed by atoms with Crippen molar-refractivity contribution in [1.82, 2.24) is 25.0 Å². The van der Waals surface area contributed by atoms with Gasteiger partial charge in [0.05, 0.1) is 0 Å². The molecule has 2 heterocycles. The summed E-state index contributed by atoms with van der Waals surface area (Å²) in [6.07, 6.45) is 7.46. The predicted octanol–water partition coefficient (Wildman–Crippen LogP) is 3.89. The third-order valence-electron chi connectivity index (χ3n) is 5.30. The van der Waals surface area contributed by atoms with Crippen LogP contribution in [0.3, 0.4) is 0 Å². The van der Waals surface area contributed by atoms with E-state index >= 15 is 0 Å². The Bertz CT molecular complexity index is 566. The molecule has 0 aromatic carbocycles. The van der Waals surface area contributed by atoms with E-state index < -0.39 is 0 Å². The van der Waals surface area contributed by atoms with E-state index in [2.05, 4.69) is 41.2 Å². The standard InChI is InChI=1S/C19H36N6.HI/c1-6-8-12-20-18(21-14-17-23-22-16(3)24(17)5)25-13-9-11-19(4,15-25)10-7-2;/h6-15H2,1-5H3,(H,20,21);1H. The number of hydrogen-bond acceptors (Lipinski definition) is 3. The molecule has 26 heavy (non-hydrogen) atoms. The third kappa shape index (κ3) is 6.39. The van der Waals surface area contributed by atoms with Gasteiger partial charge >= 0.3 is 0 Å². The second kappa shape index (κ2) is 11.1. The molecule has 1 aromatic heterocycles. The van der Waals surface area contributed by atoms with Crippen molar-refractivity contribution in [3.63, 3.8) is 0 Å². The Balaban J connectivity index is 0.00000338. The molecule has 6 nitrogen and oxygen atoms in total. The van der Waals surface area contributed by atoms with E-state index in [0.717, 1.165) is 37.2 Å². The van der Waals surface area contributed by atoms with E-state index in [-0.39, 0.29) is 24.0 Å².